The maximum absolute atomic E-state index is 9.79. The minimum absolute atomic E-state index is 0.106. The van der Waals surface area contributed by atoms with Crippen molar-refractivity contribution in [3.63, 3.8) is 0 Å². The van der Waals surface area contributed by atoms with Gasteiger partial charge >= 0.3 is 0 Å². The minimum Gasteiger partial charge on any atom is -0.507 e. The summed E-state index contributed by atoms with van der Waals surface area (Å²) in [5.41, 5.74) is 0.548. The van der Waals surface area contributed by atoms with Crippen LogP contribution in [0.5, 0.6) is 11.5 Å². The molecule has 1 fully saturated rings. The first-order chi connectivity index (χ1) is 9.72. The second-order valence-electron chi connectivity index (χ2n) is 4.96. The highest BCUT2D eigenvalue weighted by Gasteiger charge is 2.19. The maximum atomic E-state index is 9.79. The van der Waals surface area contributed by atoms with Crippen LogP contribution in [0.1, 0.15) is 12.0 Å². The number of rotatable bonds is 4. The number of aromatic hydroxyl groups is 1. The summed E-state index contributed by atoms with van der Waals surface area (Å²) in [6.45, 7) is 2.90. The van der Waals surface area contributed by atoms with Crippen LogP contribution in [-0.4, -0.2) is 49.5 Å². The summed E-state index contributed by atoms with van der Waals surface area (Å²) in [5, 5.41) is 18.6. The van der Waals surface area contributed by atoms with E-state index in [4.69, 9.17) is 14.7 Å². The van der Waals surface area contributed by atoms with E-state index in [2.05, 4.69) is 11.9 Å². The molecule has 0 aromatic heterocycles. The number of nitriles is 1. The van der Waals surface area contributed by atoms with E-state index in [1.165, 1.54) is 0 Å². The second kappa shape index (κ2) is 7.13. The number of likely N-dealkylation sites (N-methyl/N-ethyl adjacent to an activating group) is 1. The summed E-state index contributed by atoms with van der Waals surface area (Å²) < 4.78 is 11.3. The summed E-state index contributed by atoms with van der Waals surface area (Å²) >= 11 is 0. The SMILES string of the molecule is CN1CCCOC[C@H]1COc1cccc(O)c1CC#N. The Hall–Kier alpha value is -1.77. The van der Waals surface area contributed by atoms with Gasteiger partial charge in [-0.3, -0.25) is 4.90 Å². The fourth-order valence-corrected chi connectivity index (χ4v) is 2.25. The summed E-state index contributed by atoms with van der Waals surface area (Å²) in [6, 6.07) is 7.31. The molecule has 1 aliphatic rings. The van der Waals surface area contributed by atoms with Gasteiger partial charge in [-0.15, -0.1) is 0 Å². The summed E-state index contributed by atoms with van der Waals surface area (Å²) in [5.74, 6) is 0.679. The number of benzene rings is 1. The summed E-state index contributed by atoms with van der Waals surface area (Å²) in [7, 11) is 2.06. The lowest BCUT2D eigenvalue weighted by molar-refractivity contribution is 0.0819. The molecule has 0 bridgehead atoms. The van der Waals surface area contributed by atoms with Crippen LogP contribution in [0.4, 0.5) is 0 Å². The molecule has 1 aromatic rings. The number of hydrogen-bond donors (Lipinski definition) is 1. The zero-order chi connectivity index (χ0) is 14.4. The molecule has 2 rings (SSSR count). The summed E-state index contributed by atoms with van der Waals surface area (Å²) in [4.78, 5) is 2.22. The Morgan fingerprint density at radius 2 is 2.40 bits per heavy atom. The van der Waals surface area contributed by atoms with E-state index in [0.717, 1.165) is 19.6 Å². The zero-order valence-electron chi connectivity index (χ0n) is 11.7. The van der Waals surface area contributed by atoms with Gasteiger partial charge in [-0.2, -0.15) is 5.26 Å². The second-order valence-corrected chi connectivity index (χ2v) is 4.96. The molecule has 0 unspecified atom stereocenters. The highest BCUT2D eigenvalue weighted by molar-refractivity contribution is 5.45. The van der Waals surface area contributed by atoms with Crippen molar-refractivity contribution in [1.29, 1.82) is 5.26 Å². The monoisotopic (exact) mass is 276 g/mol. The topological polar surface area (TPSA) is 65.7 Å². The lowest BCUT2D eigenvalue weighted by atomic mass is 10.1. The molecule has 1 aromatic carbocycles. The molecule has 1 heterocycles. The lowest BCUT2D eigenvalue weighted by Crippen LogP contribution is -2.38. The van der Waals surface area contributed by atoms with E-state index in [0.29, 0.717) is 24.5 Å². The third-order valence-corrected chi connectivity index (χ3v) is 3.53. The van der Waals surface area contributed by atoms with Crippen LogP contribution < -0.4 is 4.74 Å². The van der Waals surface area contributed by atoms with Crippen molar-refractivity contribution in [2.24, 2.45) is 0 Å². The Bertz CT molecular complexity index is 484. The minimum atomic E-state index is 0.106. The number of nitrogens with zero attached hydrogens (tertiary/aromatic N) is 2. The van der Waals surface area contributed by atoms with Crippen LogP contribution in [-0.2, 0) is 11.2 Å². The van der Waals surface area contributed by atoms with E-state index in [1.54, 1.807) is 18.2 Å². The third-order valence-electron chi connectivity index (χ3n) is 3.53. The number of hydrogen-bond acceptors (Lipinski definition) is 5. The molecular weight excluding hydrogens is 256 g/mol. The van der Waals surface area contributed by atoms with E-state index >= 15 is 0 Å². The molecule has 0 radical (unpaired) electrons. The van der Waals surface area contributed by atoms with Crippen molar-refractivity contribution < 1.29 is 14.6 Å². The highest BCUT2D eigenvalue weighted by atomic mass is 16.5. The molecule has 1 N–H and O–H groups in total. The van der Waals surface area contributed by atoms with Crippen molar-refractivity contribution >= 4 is 0 Å². The normalized spacial score (nSPS) is 20.1. The Kier molecular flexibility index (Phi) is 5.22. The predicted molar refractivity (Wildman–Crippen MR) is 74.8 cm³/mol. The standard InChI is InChI=1S/C15H20N2O3/c1-17-8-3-9-19-10-12(17)11-20-15-5-2-4-14(18)13(15)6-7-16/h2,4-5,12,18H,3,6,8-11H2,1H3/t12-/m0/s1. The molecule has 108 valence electrons. The van der Waals surface area contributed by atoms with Crippen molar-refractivity contribution in [1.82, 2.24) is 4.90 Å². The van der Waals surface area contributed by atoms with E-state index < -0.39 is 0 Å². The Morgan fingerprint density at radius 3 is 3.20 bits per heavy atom. The first kappa shape index (κ1) is 14.6. The molecule has 1 aliphatic heterocycles. The Labute approximate surface area is 119 Å². The van der Waals surface area contributed by atoms with Gasteiger partial charge in [-0.05, 0) is 25.6 Å². The third kappa shape index (κ3) is 3.62. The smallest absolute Gasteiger partial charge is 0.127 e. The van der Waals surface area contributed by atoms with E-state index in [-0.39, 0.29) is 18.2 Å². The Balaban J connectivity index is 2.03. The van der Waals surface area contributed by atoms with Gasteiger partial charge in [0.1, 0.15) is 18.1 Å². The molecule has 5 heteroatoms. The fourth-order valence-electron chi connectivity index (χ4n) is 2.25. The van der Waals surface area contributed by atoms with Crippen molar-refractivity contribution in [3.8, 4) is 17.6 Å². The van der Waals surface area contributed by atoms with E-state index in [9.17, 15) is 5.11 Å². The Morgan fingerprint density at radius 1 is 1.55 bits per heavy atom. The van der Waals surface area contributed by atoms with Gasteiger partial charge in [0.2, 0.25) is 0 Å². The number of phenolic OH excluding ortho intramolecular Hbond substituents is 1. The van der Waals surface area contributed by atoms with Gasteiger partial charge in [0.15, 0.2) is 0 Å². The fraction of sp³-hybridized carbons (Fsp3) is 0.533. The average Bonchev–Trinajstić information content (AvgIpc) is 2.64. The van der Waals surface area contributed by atoms with Crippen LogP contribution in [0.3, 0.4) is 0 Å². The molecule has 0 spiro atoms. The first-order valence-corrected chi connectivity index (χ1v) is 6.81. The van der Waals surface area contributed by atoms with Crippen LogP contribution in [0, 0.1) is 11.3 Å². The van der Waals surface area contributed by atoms with Crippen molar-refractivity contribution in [2.75, 3.05) is 33.4 Å². The molecular formula is C15H20N2O3. The average molecular weight is 276 g/mol. The van der Waals surface area contributed by atoms with Crippen molar-refractivity contribution in [3.05, 3.63) is 23.8 Å². The van der Waals surface area contributed by atoms with Gasteiger partial charge in [0.25, 0.3) is 0 Å². The first-order valence-electron chi connectivity index (χ1n) is 6.81. The van der Waals surface area contributed by atoms with Gasteiger partial charge in [0.05, 0.1) is 25.1 Å². The number of ether oxygens (including phenoxy) is 2. The quantitative estimate of drug-likeness (QED) is 0.904. The van der Waals surface area contributed by atoms with E-state index in [1.807, 2.05) is 6.07 Å². The van der Waals surface area contributed by atoms with Crippen LogP contribution in [0.25, 0.3) is 0 Å². The van der Waals surface area contributed by atoms with Crippen molar-refractivity contribution in [2.45, 2.75) is 18.9 Å². The predicted octanol–water partition coefficient (Wildman–Crippen LogP) is 1.56. The molecule has 0 amide bonds. The molecule has 5 nitrogen and oxygen atoms in total. The number of phenols is 1. The molecule has 0 saturated carbocycles. The van der Waals surface area contributed by atoms with Crippen LogP contribution in [0.15, 0.2) is 18.2 Å². The molecule has 0 aliphatic carbocycles. The lowest BCUT2D eigenvalue weighted by Gasteiger charge is -2.25. The van der Waals surface area contributed by atoms with Gasteiger partial charge in [-0.25, -0.2) is 0 Å². The highest BCUT2D eigenvalue weighted by Crippen LogP contribution is 2.28. The van der Waals surface area contributed by atoms with Gasteiger partial charge < -0.3 is 14.6 Å². The zero-order valence-corrected chi connectivity index (χ0v) is 11.7. The molecule has 1 saturated heterocycles. The molecule has 20 heavy (non-hydrogen) atoms. The van der Waals surface area contributed by atoms with Crippen LogP contribution in [0.2, 0.25) is 0 Å². The van der Waals surface area contributed by atoms with Gasteiger partial charge in [-0.1, -0.05) is 6.07 Å². The molecule has 1 atom stereocenters. The maximum Gasteiger partial charge on any atom is 0.127 e. The largest absolute Gasteiger partial charge is 0.507 e. The van der Waals surface area contributed by atoms with Crippen LogP contribution >= 0.6 is 0 Å². The van der Waals surface area contributed by atoms with Gasteiger partial charge in [0, 0.05) is 18.7 Å². The summed E-state index contributed by atoms with van der Waals surface area (Å²) in [6.07, 6.45) is 1.16.